The maximum atomic E-state index is 12.1. The highest BCUT2D eigenvalue weighted by Gasteiger charge is 2.17. The van der Waals surface area contributed by atoms with Crippen LogP contribution in [0.5, 0.6) is 0 Å². The van der Waals surface area contributed by atoms with Crippen molar-refractivity contribution in [2.45, 2.75) is 24.3 Å². The second kappa shape index (κ2) is 5.64. The number of anilines is 1. The predicted molar refractivity (Wildman–Crippen MR) is 74.4 cm³/mol. The summed E-state index contributed by atoms with van der Waals surface area (Å²) in [5, 5.41) is 7.48. The Balaban J connectivity index is 2.30. The van der Waals surface area contributed by atoms with Crippen molar-refractivity contribution in [2.24, 2.45) is 5.73 Å². The summed E-state index contributed by atoms with van der Waals surface area (Å²) < 4.78 is 26.7. The van der Waals surface area contributed by atoms with Crippen molar-refractivity contribution in [1.82, 2.24) is 10.2 Å². The maximum absolute atomic E-state index is 12.1. The minimum atomic E-state index is -3.65. The molecule has 0 spiro atoms. The van der Waals surface area contributed by atoms with Gasteiger partial charge < -0.3 is 5.73 Å². The van der Waals surface area contributed by atoms with E-state index in [4.69, 9.17) is 5.73 Å². The Morgan fingerprint density at radius 3 is 2.89 bits per heavy atom. The summed E-state index contributed by atoms with van der Waals surface area (Å²) in [6.07, 6.45) is 0.743. The average Bonchev–Trinajstić information content (AvgIpc) is 2.90. The zero-order valence-corrected chi connectivity index (χ0v) is 11.9. The van der Waals surface area contributed by atoms with Gasteiger partial charge in [0.1, 0.15) is 5.51 Å². The summed E-state index contributed by atoms with van der Waals surface area (Å²) in [6.45, 7) is 1.95. The van der Waals surface area contributed by atoms with Crippen LogP contribution in [0.25, 0.3) is 0 Å². The smallest absolute Gasteiger partial charge is 0.263 e. The Bertz CT molecular complexity index is 640. The molecule has 0 saturated heterocycles. The van der Waals surface area contributed by atoms with Gasteiger partial charge in [0.15, 0.2) is 0 Å². The molecule has 0 amide bonds. The number of benzene rings is 1. The van der Waals surface area contributed by atoms with Crippen LogP contribution >= 0.6 is 11.3 Å². The number of nitrogens with two attached hydrogens (primary N) is 1. The summed E-state index contributed by atoms with van der Waals surface area (Å²) in [5.41, 5.74) is 8.16. The molecule has 1 aromatic heterocycles. The Labute approximate surface area is 115 Å². The second-order valence-electron chi connectivity index (χ2n) is 3.94. The van der Waals surface area contributed by atoms with Gasteiger partial charge in [0.05, 0.1) is 4.90 Å². The molecule has 1 heterocycles. The van der Waals surface area contributed by atoms with E-state index in [1.54, 1.807) is 12.1 Å². The molecule has 2 aromatic rings. The molecule has 0 aliphatic carbocycles. The molecule has 0 radical (unpaired) electrons. The van der Waals surface area contributed by atoms with E-state index in [2.05, 4.69) is 14.9 Å². The molecule has 0 aliphatic rings. The van der Waals surface area contributed by atoms with Gasteiger partial charge in [0, 0.05) is 6.04 Å². The van der Waals surface area contributed by atoms with E-state index in [1.165, 1.54) is 11.6 Å². The van der Waals surface area contributed by atoms with Crippen LogP contribution in [0.2, 0.25) is 0 Å². The van der Waals surface area contributed by atoms with Crippen LogP contribution in [-0.4, -0.2) is 18.6 Å². The highest BCUT2D eigenvalue weighted by Crippen LogP contribution is 2.21. The van der Waals surface area contributed by atoms with E-state index < -0.39 is 10.0 Å². The Kier molecular flexibility index (Phi) is 4.13. The van der Waals surface area contributed by atoms with Crippen molar-refractivity contribution in [3.05, 3.63) is 35.3 Å². The SMILES string of the molecule is CCC(N)c1cccc(S(=O)(=O)Nc2nncs2)c1. The lowest BCUT2D eigenvalue weighted by molar-refractivity contribution is 0.600. The van der Waals surface area contributed by atoms with E-state index in [1.807, 2.05) is 13.0 Å². The third-order valence-corrected chi connectivity index (χ3v) is 4.69. The van der Waals surface area contributed by atoms with Gasteiger partial charge in [-0.2, -0.15) is 0 Å². The monoisotopic (exact) mass is 298 g/mol. The van der Waals surface area contributed by atoms with Gasteiger partial charge in [-0.3, -0.25) is 4.72 Å². The van der Waals surface area contributed by atoms with E-state index in [0.29, 0.717) is 0 Å². The number of nitrogens with zero attached hydrogens (tertiary/aromatic N) is 2. The molecule has 0 saturated carbocycles. The summed E-state index contributed by atoms with van der Waals surface area (Å²) in [7, 11) is -3.65. The first-order chi connectivity index (χ1) is 9.03. The molecular formula is C11H14N4O2S2. The highest BCUT2D eigenvalue weighted by atomic mass is 32.2. The Morgan fingerprint density at radius 1 is 1.47 bits per heavy atom. The first kappa shape index (κ1) is 13.9. The van der Waals surface area contributed by atoms with Crippen LogP contribution in [0.3, 0.4) is 0 Å². The van der Waals surface area contributed by atoms with Gasteiger partial charge in [-0.15, -0.1) is 10.2 Å². The van der Waals surface area contributed by atoms with Gasteiger partial charge in [-0.05, 0) is 24.1 Å². The van der Waals surface area contributed by atoms with Gasteiger partial charge >= 0.3 is 0 Å². The molecular weight excluding hydrogens is 284 g/mol. The highest BCUT2D eigenvalue weighted by molar-refractivity contribution is 7.93. The van der Waals surface area contributed by atoms with Crippen LogP contribution < -0.4 is 10.5 Å². The van der Waals surface area contributed by atoms with Crippen LogP contribution in [0.4, 0.5) is 5.13 Å². The molecule has 0 aliphatic heterocycles. The Hall–Kier alpha value is -1.51. The van der Waals surface area contributed by atoms with Crippen LogP contribution in [0.15, 0.2) is 34.7 Å². The quantitative estimate of drug-likeness (QED) is 0.876. The minimum absolute atomic E-state index is 0.170. The normalized spacial score (nSPS) is 13.2. The van der Waals surface area contributed by atoms with Crippen molar-refractivity contribution in [3.63, 3.8) is 0 Å². The Morgan fingerprint density at radius 2 is 2.26 bits per heavy atom. The lowest BCUT2D eigenvalue weighted by Crippen LogP contribution is -2.14. The third-order valence-electron chi connectivity index (χ3n) is 2.62. The zero-order valence-electron chi connectivity index (χ0n) is 10.3. The van der Waals surface area contributed by atoms with Gasteiger partial charge in [0.25, 0.3) is 10.0 Å². The molecule has 1 unspecified atom stereocenters. The predicted octanol–water partition coefficient (Wildman–Crippen LogP) is 1.75. The average molecular weight is 298 g/mol. The lowest BCUT2D eigenvalue weighted by atomic mass is 10.1. The summed E-state index contributed by atoms with van der Waals surface area (Å²) in [6, 6.07) is 6.43. The fourth-order valence-electron chi connectivity index (χ4n) is 1.54. The topological polar surface area (TPSA) is 98.0 Å². The number of aromatic nitrogens is 2. The first-order valence-electron chi connectivity index (χ1n) is 5.67. The first-order valence-corrected chi connectivity index (χ1v) is 8.03. The van der Waals surface area contributed by atoms with E-state index in [9.17, 15) is 8.42 Å². The second-order valence-corrected chi connectivity index (χ2v) is 6.45. The lowest BCUT2D eigenvalue weighted by Gasteiger charge is -2.11. The molecule has 6 nitrogen and oxygen atoms in total. The molecule has 19 heavy (non-hydrogen) atoms. The van der Waals surface area contributed by atoms with E-state index >= 15 is 0 Å². The van der Waals surface area contributed by atoms with E-state index in [0.717, 1.165) is 23.3 Å². The van der Waals surface area contributed by atoms with Crippen LogP contribution in [-0.2, 0) is 10.0 Å². The fraction of sp³-hybridized carbons (Fsp3) is 0.273. The van der Waals surface area contributed by atoms with Crippen molar-refractivity contribution in [2.75, 3.05) is 4.72 Å². The molecule has 1 atom stereocenters. The van der Waals surface area contributed by atoms with Gasteiger partial charge in [-0.25, -0.2) is 8.42 Å². The number of hydrogen-bond donors (Lipinski definition) is 2. The molecule has 3 N–H and O–H groups in total. The molecule has 102 valence electrons. The minimum Gasteiger partial charge on any atom is -0.324 e. The number of nitrogens with one attached hydrogen (secondary N) is 1. The summed E-state index contributed by atoms with van der Waals surface area (Å²) in [5.74, 6) is 0. The zero-order chi connectivity index (χ0) is 13.9. The summed E-state index contributed by atoms with van der Waals surface area (Å²) >= 11 is 1.12. The van der Waals surface area contributed by atoms with Gasteiger partial charge in [0.2, 0.25) is 5.13 Å². The maximum Gasteiger partial charge on any atom is 0.263 e. The molecule has 0 fully saturated rings. The van der Waals surface area contributed by atoms with Crippen LogP contribution in [0.1, 0.15) is 24.9 Å². The van der Waals surface area contributed by atoms with Crippen molar-refractivity contribution >= 4 is 26.5 Å². The van der Waals surface area contributed by atoms with Crippen LogP contribution in [0, 0.1) is 0 Å². The van der Waals surface area contributed by atoms with Crippen molar-refractivity contribution in [3.8, 4) is 0 Å². The molecule has 0 bridgehead atoms. The standard InChI is InChI=1S/C11H14N4O2S2/c1-2-10(12)8-4-3-5-9(6-8)19(16,17)15-11-14-13-7-18-11/h3-7,10H,2,12H2,1H3,(H,14,15). The van der Waals surface area contributed by atoms with E-state index in [-0.39, 0.29) is 16.1 Å². The molecule has 2 rings (SSSR count). The molecule has 8 heteroatoms. The third kappa shape index (κ3) is 3.28. The molecule has 1 aromatic carbocycles. The summed E-state index contributed by atoms with van der Waals surface area (Å²) in [4.78, 5) is 0.170. The number of sulfonamides is 1. The van der Waals surface area contributed by atoms with Gasteiger partial charge in [-0.1, -0.05) is 30.4 Å². The number of rotatable bonds is 5. The number of hydrogen-bond acceptors (Lipinski definition) is 6. The van der Waals surface area contributed by atoms with Crippen molar-refractivity contribution < 1.29 is 8.42 Å². The van der Waals surface area contributed by atoms with Crippen molar-refractivity contribution in [1.29, 1.82) is 0 Å². The largest absolute Gasteiger partial charge is 0.324 e. The fourth-order valence-corrected chi connectivity index (χ4v) is 3.29.